The topological polar surface area (TPSA) is 0 Å². The maximum Gasteiger partial charge on any atom is -0.0146 e. The van der Waals surface area contributed by atoms with E-state index >= 15 is 0 Å². The molecule has 58 valence electrons. The van der Waals surface area contributed by atoms with Crippen LogP contribution in [0.4, 0.5) is 0 Å². The van der Waals surface area contributed by atoms with Gasteiger partial charge in [-0.25, -0.2) is 0 Å². The Morgan fingerprint density at radius 3 is 2.30 bits per heavy atom. The second-order valence-corrected chi connectivity index (χ2v) is 3.89. The molecule has 0 N–H and O–H groups in total. The monoisotopic (exact) mass is 138 g/mol. The van der Waals surface area contributed by atoms with E-state index in [0.717, 1.165) is 11.8 Å². The molecule has 2 atom stereocenters. The predicted molar refractivity (Wildman–Crippen MR) is 45.9 cm³/mol. The molecule has 0 amide bonds. The van der Waals surface area contributed by atoms with Crippen LogP contribution in [0.25, 0.3) is 0 Å². The van der Waals surface area contributed by atoms with Crippen molar-refractivity contribution in [3.8, 4) is 0 Å². The third kappa shape index (κ3) is 1.00. The summed E-state index contributed by atoms with van der Waals surface area (Å²) in [6.45, 7) is 9.13. The second kappa shape index (κ2) is 2.41. The first-order valence-electron chi connectivity index (χ1n) is 4.27. The Balaban J connectivity index is 2.53. The van der Waals surface area contributed by atoms with Crippen molar-refractivity contribution >= 4 is 0 Å². The smallest absolute Gasteiger partial charge is 0.0146 e. The molecule has 0 heterocycles. The summed E-state index contributed by atoms with van der Waals surface area (Å²) < 4.78 is 0. The summed E-state index contributed by atoms with van der Waals surface area (Å²) in [5.41, 5.74) is 0.598. The van der Waals surface area contributed by atoms with Gasteiger partial charge in [0, 0.05) is 0 Å². The minimum atomic E-state index is 0.598. The van der Waals surface area contributed by atoms with Crippen molar-refractivity contribution in [1.29, 1.82) is 0 Å². The Labute approximate surface area is 64.3 Å². The van der Waals surface area contributed by atoms with E-state index in [0.29, 0.717) is 5.41 Å². The lowest BCUT2D eigenvalue weighted by Gasteiger charge is -1.96. The van der Waals surface area contributed by atoms with Crippen molar-refractivity contribution in [2.75, 3.05) is 0 Å². The first kappa shape index (κ1) is 7.84. The highest BCUT2D eigenvalue weighted by molar-refractivity contribution is 5.13. The van der Waals surface area contributed by atoms with E-state index in [4.69, 9.17) is 0 Å². The standard InChI is InChI=1S/C10H18/c1-5-7-9-8(6-2)10(9,3)4/h5,7-9H,6H2,1-4H3/b7-5+. The molecule has 0 bridgehead atoms. The van der Waals surface area contributed by atoms with Crippen LogP contribution in [-0.2, 0) is 0 Å². The Morgan fingerprint density at radius 1 is 1.40 bits per heavy atom. The molecule has 0 aromatic heterocycles. The summed E-state index contributed by atoms with van der Waals surface area (Å²) >= 11 is 0. The van der Waals surface area contributed by atoms with Crippen LogP contribution >= 0.6 is 0 Å². The summed E-state index contributed by atoms with van der Waals surface area (Å²) in [5.74, 6) is 1.81. The molecule has 1 saturated carbocycles. The molecule has 0 aromatic rings. The van der Waals surface area contributed by atoms with Gasteiger partial charge in [-0.3, -0.25) is 0 Å². The third-order valence-corrected chi connectivity index (χ3v) is 2.98. The van der Waals surface area contributed by atoms with Gasteiger partial charge in [-0.15, -0.1) is 0 Å². The second-order valence-electron chi connectivity index (χ2n) is 3.89. The first-order valence-corrected chi connectivity index (χ1v) is 4.27. The van der Waals surface area contributed by atoms with E-state index in [1.165, 1.54) is 6.42 Å². The number of allylic oxidation sites excluding steroid dienone is 2. The normalized spacial score (nSPS) is 36.8. The highest BCUT2D eigenvalue weighted by Gasteiger charge is 2.54. The molecule has 10 heavy (non-hydrogen) atoms. The lowest BCUT2D eigenvalue weighted by molar-refractivity contribution is 0.542. The molecule has 0 saturated heterocycles. The lowest BCUT2D eigenvalue weighted by atomic mass is 10.1. The van der Waals surface area contributed by atoms with Gasteiger partial charge in [0.05, 0.1) is 0 Å². The first-order chi connectivity index (χ1) is 4.64. The van der Waals surface area contributed by atoms with Crippen LogP contribution in [0.2, 0.25) is 0 Å². The molecule has 0 aromatic carbocycles. The van der Waals surface area contributed by atoms with Crippen LogP contribution in [0.3, 0.4) is 0 Å². The van der Waals surface area contributed by atoms with Crippen molar-refractivity contribution in [2.24, 2.45) is 17.3 Å². The molecule has 0 aliphatic heterocycles. The van der Waals surface area contributed by atoms with Gasteiger partial charge in [0.15, 0.2) is 0 Å². The predicted octanol–water partition coefficient (Wildman–Crippen LogP) is 3.24. The van der Waals surface area contributed by atoms with Gasteiger partial charge >= 0.3 is 0 Å². The van der Waals surface area contributed by atoms with E-state index in [-0.39, 0.29) is 0 Å². The van der Waals surface area contributed by atoms with Gasteiger partial charge in [0.1, 0.15) is 0 Å². The molecule has 1 rings (SSSR count). The van der Waals surface area contributed by atoms with Crippen molar-refractivity contribution in [2.45, 2.75) is 34.1 Å². The molecule has 1 fully saturated rings. The van der Waals surface area contributed by atoms with Crippen LogP contribution in [0.1, 0.15) is 34.1 Å². The fraction of sp³-hybridized carbons (Fsp3) is 0.800. The maximum absolute atomic E-state index is 2.37. The van der Waals surface area contributed by atoms with Gasteiger partial charge in [-0.1, -0.05) is 39.3 Å². The zero-order valence-electron chi connectivity index (χ0n) is 7.52. The van der Waals surface area contributed by atoms with Crippen molar-refractivity contribution in [3.63, 3.8) is 0 Å². The van der Waals surface area contributed by atoms with E-state index in [1.807, 2.05) is 0 Å². The Kier molecular flexibility index (Phi) is 1.89. The molecule has 0 nitrogen and oxygen atoms in total. The fourth-order valence-electron chi connectivity index (χ4n) is 2.16. The number of hydrogen-bond donors (Lipinski definition) is 0. The van der Waals surface area contributed by atoms with Crippen LogP contribution < -0.4 is 0 Å². The molecule has 0 heteroatoms. The minimum absolute atomic E-state index is 0.598. The van der Waals surface area contributed by atoms with E-state index in [2.05, 4.69) is 39.8 Å². The molecular weight excluding hydrogens is 120 g/mol. The average Bonchev–Trinajstić information content (AvgIpc) is 2.36. The van der Waals surface area contributed by atoms with Gasteiger partial charge in [0.2, 0.25) is 0 Å². The average molecular weight is 138 g/mol. The van der Waals surface area contributed by atoms with Crippen molar-refractivity contribution in [1.82, 2.24) is 0 Å². The summed E-state index contributed by atoms with van der Waals surface area (Å²) in [4.78, 5) is 0. The van der Waals surface area contributed by atoms with Gasteiger partial charge in [-0.05, 0) is 24.2 Å². The molecule has 1 aliphatic rings. The Hall–Kier alpha value is -0.260. The Morgan fingerprint density at radius 2 is 2.00 bits per heavy atom. The minimum Gasteiger partial charge on any atom is -0.0914 e. The number of hydrogen-bond acceptors (Lipinski definition) is 0. The third-order valence-electron chi connectivity index (χ3n) is 2.98. The quantitative estimate of drug-likeness (QED) is 0.514. The van der Waals surface area contributed by atoms with Crippen molar-refractivity contribution in [3.05, 3.63) is 12.2 Å². The maximum atomic E-state index is 2.37. The highest BCUT2D eigenvalue weighted by atomic mass is 14.6. The Bertz CT molecular complexity index is 142. The molecule has 0 spiro atoms. The van der Waals surface area contributed by atoms with Crippen molar-refractivity contribution < 1.29 is 0 Å². The zero-order valence-corrected chi connectivity index (χ0v) is 7.52. The van der Waals surface area contributed by atoms with Crippen LogP contribution in [0, 0.1) is 17.3 Å². The van der Waals surface area contributed by atoms with Crippen LogP contribution in [0.15, 0.2) is 12.2 Å². The van der Waals surface area contributed by atoms with Gasteiger partial charge < -0.3 is 0 Å². The lowest BCUT2D eigenvalue weighted by Crippen LogP contribution is -1.88. The van der Waals surface area contributed by atoms with Gasteiger partial charge in [-0.2, -0.15) is 0 Å². The summed E-state index contributed by atoms with van der Waals surface area (Å²) in [6.07, 6.45) is 5.87. The van der Waals surface area contributed by atoms with E-state index in [1.54, 1.807) is 0 Å². The van der Waals surface area contributed by atoms with Crippen LogP contribution in [-0.4, -0.2) is 0 Å². The molecule has 2 unspecified atom stereocenters. The highest BCUT2D eigenvalue weighted by Crippen LogP contribution is 2.60. The summed E-state index contributed by atoms with van der Waals surface area (Å²) in [6, 6.07) is 0. The zero-order chi connectivity index (χ0) is 7.78. The number of rotatable bonds is 2. The SMILES string of the molecule is C/C=C/C1C(CC)C1(C)C. The largest absolute Gasteiger partial charge is 0.0914 e. The van der Waals surface area contributed by atoms with E-state index < -0.39 is 0 Å². The summed E-state index contributed by atoms with van der Waals surface area (Å²) in [5, 5.41) is 0. The van der Waals surface area contributed by atoms with Crippen LogP contribution in [0.5, 0.6) is 0 Å². The summed E-state index contributed by atoms with van der Waals surface area (Å²) in [7, 11) is 0. The molecule has 1 aliphatic carbocycles. The molecular formula is C10H18. The molecule has 0 radical (unpaired) electrons. The fourth-order valence-corrected chi connectivity index (χ4v) is 2.16. The van der Waals surface area contributed by atoms with E-state index in [9.17, 15) is 0 Å². The van der Waals surface area contributed by atoms with Gasteiger partial charge in [0.25, 0.3) is 0 Å².